The van der Waals surface area contributed by atoms with E-state index in [2.05, 4.69) is 11.4 Å². The topological polar surface area (TPSA) is 66.5 Å². The average molecular weight is 405 g/mol. The molecule has 5 nitrogen and oxygen atoms in total. The lowest BCUT2D eigenvalue weighted by Gasteiger charge is -2.27. The van der Waals surface area contributed by atoms with E-state index in [1.165, 1.54) is 33.7 Å². The van der Waals surface area contributed by atoms with Crippen LogP contribution in [0.25, 0.3) is 0 Å². The Balaban J connectivity index is 1.48. The van der Waals surface area contributed by atoms with Crippen LogP contribution >= 0.6 is 11.3 Å². The first kappa shape index (κ1) is 18.7. The second kappa shape index (κ2) is 7.73. The molecule has 0 bridgehead atoms. The van der Waals surface area contributed by atoms with Crippen LogP contribution in [0.4, 0.5) is 0 Å². The number of rotatable bonds is 4. The van der Waals surface area contributed by atoms with Crippen LogP contribution in [0.2, 0.25) is 0 Å². The summed E-state index contributed by atoms with van der Waals surface area (Å²) in [6, 6.07) is 9.70. The van der Waals surface area contributed by atoms with Gasteiger partial charge in [-0.15, -0.1) is 11.3 Å². The molecule has 2 aliphatic rings. The van der Waals surface area contributed by atoms with Crippen molar-refractivity contribution in [3.8, 4) is 0 Å². The van der Waals surface area contributed by atoms with E-state index in [1.54, 1.807) is 5.38 Å². The van der Waals surface area contributed by atoms with Gasteiger partial charge in [0.2, 0.25) is 10.0 Å². The van der Waals surface area contributed by atoms with Gasteiger partial charge in [0.25, 0.3) is 5.91 Å². The lowest BCUT2D eigenvalue weighted by atomic mass is 9.95. The first-order chi connectivity index (χ1) is 13.0. The summed E-state index contributed by atoms with van der Waals surface area (Å²) in [5.41, 5.74) is 2.26. The minimum absolute atomic E-state index is 0.155. The van der Waals surface area contributed by atoms with Gasteiger partial charge in [0.1, 0.15) is 0 Å². The zero-order valence-corrected chi connectivity index (χ0v) is 16.8. The first-order valence-corrected chi connectivity index (χ1v) is 11.8. The summed E-state index contributed by atoms with van der Waals surface area (Å²) in [6.07, 6.45) is 6.25. The second-order valence-corrected chi connectivity index (χ2v) is 10.2. The van der Waals surface area contributed by atoms with E-state index in [0.29, 0.717) is 24.4 Å². The van der Waals surface area contributed by atoms with Crippen LogP contribution in [0.3, 0.4) is 0 Å². The maximum atomic E-state index is 13.0. The Morgan fingerprint density at radius 1 is 1.11 bits per heavy atom. The Hall–Kier alpha value is -1.70. The molecular formula is C20H24N2O3S2. The van der Waals surface area contributed by atoms with Crippen molar-refractivity contribution in [3.63, 3.8) is 0 Å². The minimum Gasteiger partial charge on any atom is -0.349 e. The van der Waals surface area contributed by atoms with E-state index in [4.69, 9.17) is 0 Å². The second-order valence-electron chi connectivity index (χ2n) is 7.31. The number of carbonyl (C=O) groups excluding carboxylic acids is 1. The van der Waals surface area contributed by atoms with Crippen molar-refractivity contribution in [1.82, 2.24) is 9.62 Å². The van der Waals surface area contributed by atoms with Crippen LogP contribution in [0, 0.1) is 0 Å². The third-order valence-corrected chi connectivity index (χ3v) is 8.37. The molecule has 2 aromatic rings. The molecule has 1 aromatic heterocycles. The number of nitrogens with one attached hydrogen (secondary N) is 1. The van der Waals surface area contributed by atoms with Gasteiger partial charge in [0, 0.05) is 24.5 Å². The minimum atomic E-state index is -3.59. The molecule has 1 aliphatic carbocycles. The quantitative estimate of drug-likeness (QED) is 0.847. The molecule has 144 valence electrons. The molecule has 1 saturated carbocycles. The van der Waals surface area contributed by atoms with Gasteiger partial charge >= 0.3 is 0 Å². The van der Waals surface area contributed by atoms with Crippen LogP contribution in [0.1, 0.15) is 52.9 Å². The molecule has 1 amide bonds. The number of thiophene rings is 1. The molecule has 1 fully saturated rings. The molecule has 2 heterocycles. The standard InChI is InChI=1S/C20H24N2O3S2/c23-20(21-17-8-2-1-3-9-17)19-12-18(14-26-19)27(24,25)22-11-10-15-6-4-5-7-16(15)13-22/h4-7,12,14,17H,1-3,8-11,13H2,(H,21,23). The maximum Gasteiger partial charge on any atom is 0.261 e. The Morgan fingerprint density at radius 2 is 1.85 bits per heavy atom. The predicted octanol–water partition coefficient (Wildman–Crippen LogP) is 3.56. The zero-order chi connectivity index (χ0) is 18.9. The molecule has 1 aromatic carbocycles. The van der Waals surface area contributed by atoms with Crippen LogP contribution in [0.15, 0.2) is 40.6 Å². The number of benzene rings is 1. The Labute approximate surface area is 164 Å². The fraction of sp³-hybridized carbons (Fsp3) is 0.450. The SMILES string of the molecule is O=C(NC1CCCCC1)c1cc(S(=O)(=O)N2CCc3ccccc3C2)cs1. The number of amides is 1. The summed E-state index contributed by atoms with van der Waals surface area (Å²) in [5, 5.41) is 4.64. The number of sulfonamides is 1. The van der Waals surface area contributed by atoms with Crippen LogP contribution < -0.4 is 5.32 Å². The Morgan fingerprint density at radius 3 is 2.63 bits per heavy atom. The molecule has 1 N–H and O–H groups in total. The van der Waals surface area contributed by atoms with Crippen molar-refractivity contribution in [3.05, 3.63) is 51.7 Å². The smallest absolute Gasteiger partial charge is 0.261 e. The zero-order valence-electron chi connectivity index (χ0n) is 15.2. The van der Waals surface area contributed by atoms with Gasteiger partial charge < -0.3 is 5.32 Å². The predicted molar refractivity (Wildman–Crippen MR) is 106 cm³/mol. The number of nitrogens with zero attached hydrogens (tertiary/aromatic N) is 1. The third-order valence-electron chi connectivity index (χ3n) is 5.47. The van der Waals surface area contributed by atoms with E-state index in [-0.39, 0.29) is 16.8 Å². The Bertz CT molecular complexity index is 930. The van der Waals surface area contributed by atoms with Gasteiger partial charge in [-0.05, 0) is 36.5 Å². The van der Waals surface area contributed by atoms with Crippen molar-refractivity contribution in [2.45, 2.75) is 56.0 Å². The highest BCUT2D eigenvalue weighted by atomic mass is 32.2. The van der Waals surface area contributed by atoms with Gasteiger partial charge in [-0.25, -0.2) is 8.42 Å². The summed E-state index contributed by atoms with van der Waals surface area (Å²) in [6.45, 7) is 0.858. The van der Waals surface area contributed by atoms with Crippen molar-refractivity contribution in [2.24, 2.45) is 0 Å². The van der Waals surface area contributed by atoms with Gasteiger partial charge in [0.05, 0.1) is 9.77 Å². The molecule has 0 saturated heterocycles. The fourth-order valence-corrected chi connectivity index (χ4v) is 6.48. The summed E-state index contributed by atoms with van der Waals surface area (Å²) in [5.74, 6) is -0.155. The largest absolute Gasteiger partial charge is 0.349 e. The van der Waals surface area contributed by atoms with Crippen molar-refractivity contribution < 1.29 is 13.2 Å². The molecule has 4 rings (SSSR count). The van der Waals surface area contributed by atoms with Gasteiger partial charge in [-0.1, -0.05) is 43.5 Å². The lowest BCUT2D eigenvalue weighted by Crippen LogP contribution is -2.36. The fourth-order valence-electron chi connectivity index (χ4n) is 3.90. The summed E-state index contributed by atoms with van der Waals surface area (Å²) in [4.78, 5) is 13.2. The first-order valence-electron chi connectivity index (χ1n) is 9.50. The van der Waals surface area contributed by atoms with E-state index >= 15 is 0 Å². The van der Waals surface area contributed by atoms with Crippen LogP contribution in [-0.4, -0.2) is 31.2 Å². The third kappa shape index (κ3) is 3.95. The van der Waals surface area contributed by atoms with Crippen LogP contribution in [-0.2, 0) is 23.0 Å². The number of fused-ring (bicyclic) bond motifs is 1. The normalized spacial score (nSPS) is 18.8. The van der Waals surface area contributed by atoms with Crippen LogP contribution in [0.5, 0.6) is 0 Å². The maximum absolute atomic E-state index is 13.0. The monoisotopic (exact) mass is 404 g/mol. The Kier molecular flexibility index (Phi) is 5.34. The van der Waals surface area contributed by atoms with Gasteiger partial charge in [0.15, 0.2) is 0 Å². The van der Waals surface area contributed by atoms with E-state index < -0.39 is 10.0 Å². The molecule has 27 heavy (non-hydrogen) atoms. The number of hydrogen-bond donors (Lipinski definition) is 1. The van der Waals surface area contributed by atoms with Crippen molar-refractivity contribution in [2.75, 3.05) is 6.54 Å². The van der Waals surface area contributed by atoms with E-state index in [9.17, 15) is 13.2 Å². The van der Waals surface area contributed by atoms with Gasteiger partial charge in [-0.3, -0.25) is 4.79 Å². The van der Waals surface area contributed by atoms with Crippen molar-refractivity contribution in [1.29, 1.82) is 0 Å². The molecule has 7 heteroatoms. The summed E-state index contributed by atoms with van der Waals surface area (Å²) >= 11 is 1.20. The van der Waals surface area contributed by atoms with Gasteiger partial charge in [-0.2, -0.15) is 4.31 Å². The molecular weight excluding hydrogens is 380 g/mol. The lowest BCUT2D eigenvalue weighted by molar-refractivity contribution is 0.0931. The highest BCUT2D eigenvalue weighted by Crippen LogP contribution is 2.28. The average Bonchev–Trinajstić information content (AvgIpc) is 3.20. The van der Waals surface area contributed by atoms with Crippen molar-refractivity contribution >= 4 is 27.3 Å². The molecule has 0 unspecified atom stereocenters. The molecule has 0 radical (unpaired) electrons. The molecule has 0 atom stereocenters. The molecule has 1 aliphatic heterocycles. The van der Waals surface area contributed by atoms with E-state index in [0.717, 1.165) is 31.2 Å². The highest BCUT2D eigenvalue weighted by Gasteiger charge is 2.30. The summed E-state index contributed by atoms with van der Waals surface area (Å²) in [7, 11) is -3.59. The number of carbonyl (C=O) groups is 1. The highest BCUT2D eigenvalue weighted by molar-refractivity contribution is 7.89. The number of hydrogen-bond acceptors (Lipinski definition) is 4. The van der Waals surface area contributed by atoms with E-state index in [1.807, 2.05) is 18.2 Å². The summed E-state index contributed by atoms with van der Waals surface area (Å²) < 4.78 is 27.6. The molecule has 0 spiro atoms.